The Bertz CT molecular complexity index is 473. The van der Waals surface area contributed by atoms with Crippen molar-refractivity contribution >= 4 is 12.7 Å². The lowest BCUT2D eigenvalue weighted by Gasteiger charge is -2.26. The fourth-order valence-electron chi connectivity index (χ4n) is 2.17. The molecule has 1 aliphatic heterocycles. The number of amides is 1. The van der Waals surface area contributed by atoms with Crippen LogP contribution in [-0.2, 0) is 22.6 Å². The van der Waals surface area contributed by atoms with Gasteiger partial charge >= 0.3 is 0 Å². The van der Waals surface area contributed by atoms with Crippen LogP contribution >= 0.6 is 0 Å². The number of hydrogen-bond donors (Lipinski definition) is 0. The zero-order valence-corrected chi connectivity index (χ0v) is 10.9. The minimum absolute atomic E-state index is 0.329. The number of rotatable bonds is 6. The monoisotopic (exact) mass is 263 g/mol. The van der Waals surface area contributed by atoms with Gasteiger partial charge in [0.1, 0.15) is 6.29 Å². The van der Waals surface area contributed by atoms with Crippen molar-refractivity contribution in [3.8, 4) is 11.5 Å². The van der Waals surface area contributed by atoms with Crippen molar-refractivity contribution in [2.45, 2.75) is 19.4 Å². The van der Waals surface area contributed by atoms with E-state index in [-0.39, 0.29) is 0 Å². The van der Waals surface area contributed by atoms with Crippen molar-refractivity contribution < 1.29 is 19.1 Å². The second kappa shape index (κ2) is 6.22. The minimum Gasteiger partial charge on any atom is -0.493 e. The Morgan fingerprint density at radius 1 is 1.26 bits per heavy atom. The first-order valence-electron chi connectivity index (χ1n) is 6.24. The number of hydrogen-bond acceptors (Lipinski definition) is 4. The van der Waals surface area contributed by atoms with Crippen LogP contribution in [-0.4, -0.2) is 37.9 Å². The zero-order valence-electron chi connectivity index (χ0n) is 10.9. The van der Waals surface area contributed by atoms with E-state index in [4.69, 9.17) is 9.47 Å². The third-order valence-electron chi connectivity index (χ3n) is 3.17. The number of carbonyl (C=O) groups excluding carboxylic acids is 2. The van der Waals surface area contributed by atoms with Crippen LogP contribution in [0.5, 0.6) is 11.5 Å². The van der Waals surface area contributed by atoms with Gasteiger partial charge in [0.05, 0.1) is 13.7 Å². The lowest BCUT2D eigenvalue weighted by molar-refractivity contribution is -0.119. The van der Waals surface area contributed by atoms with E-state index < -0.39 is 0 Å². The molecule has 5 heteroatoms. The summed E-state index contributed by atoms with van der Waals surface area (Å²) in [7, 11) is 1.59. The molecule has 1 aliphatic rings. The molecule has 0 spiro atoms. The Labute approximate surface area is 112 Å². The van der Waals surface area contributed by atoms with Crippen LogP contribution in [0.15, 0.2) is 12.1 Å². The number of aldehydes is 1. The van der Waals surface area contributed by atoms with Crippen LogP contribution in [0, 0.1) is 0 Å². The van der Waals surface area contributed by atoms with Crippen LogP contribution in [0.3, 0.4) is 0 Å². The van der Waals surface area contributed by atoms with Gasteiger partial charge in [0, 0.05) is 19.5 Å². The molecule has 0 saturated carbocycles. The summed E-state index contributed by atoms with van der Waals surface area (Å²) in [5, 5.41) is 0. The second-order valence-electron chi connectivity index (χ2n) is 4.40. The number of benzene rings is 1. The highest BCUT2D eigenvalue weighted by molar-refractivity contribution is 5.53. The van der Waals surface area contributed by atoms with E-state index in [1.165, 1.54) is 5.56 Å². The molecule has 0 unspecified atom stereocenters. The molecular formula is C14H17NO4. The van der Waals surface area contributed by atoms with Crippen molar-refractivity contribution in [2.75, 3.05) is 20.3 Å². The SMILES string of the molecule is COc1cc2c(cc1OCCC=O)CN(C=O)CC2. The van der Waals surface area contributed by atoms with Gasteiger partial charge in [-0.2, -0.15) is 0 Å². The first-order chi connectivity index (χ1) is 9.28. The predicted molar refractivity (Wildman–Crippen MR) is 69.3 cm³/mol. The molecule has 5 nitrogen and oxygen atoms in total. The van der Waals surface area contributed by atoms with E-state index in [9.17, 15) is 9.59 Å². The molecular weight excluding hydrogens is 246 g/mol. The molecule has 0 atom stereocenters. The lowest BCUT2D eigenvalue weighted by Crippen LogP contribution is -2.29. The summed E-state index contributed by atoms with van der Waals surface area (Å²) in [5.74, 6) is 1.29. The Balaban J connectivity index is 2.22. The van der Waals surface area contributed by atoms with E-state index in [0.717, 1.165) is 31.2 Å². The number of methoxy groups -OCH3 is 1. The number of ether oxygens (including phenoxy) is 2. The molecule has 19 heavy (non-hydrogen) atoms. The maximum Gasteiger partial charge on any atom is 0.210 e. The maximum absolute atomic E-state index is 10.8. The molecule has 1 aromatic carbocycles. The van der Waals surface area contributed by atoms with Gasteiger partial charge in [-0.25, -0.2) is 0 Å². The van der Waals surface area contributed by atoms with Gasteiger partial charge in [-0.15, -0.1) is 0 Å². The van der Waals surface area contributed by atoms with E-state index >= 15 is 0 Å². The Kier molecular flexibility index (Phi) is 4.39. The molecule has 0 N–H and O–H groups in total. The highest BCUT2D eigenvalue weighted by atomic mass is 16.5. The molecule has 0 fully saturated rings. The summed E-state index contributed by atoms with van der Waals surface area (Å²) in [6.07, 6.45) is 2.85. The summed E-state index contributed by atoms with van der Waals surface area (Å²) in [5.41, 5.74) is 2.25. The molecule has 1 heterocycles. The Hall–Kier alpha value is -2.04. The molecule has 0 aromatic heterocycles. The van der Waals surface area contributed by atoms with Crippen molar-refractivity contribution in [1.82, 2.24) is 4.90 Å². The Morgan fingerprint density at radius 3 is 2.74 bits per heavy atom. The summed E-state index contributed by atoms with van der Waals surface area (Å²) < 4.78 is 10.8. The van der Waals surface area contributed by atoms with Gasteiger partial charge < -0.3 is 19.2 Å². The van der Waals surface area contributed by atoms with E-state index in [2.05, 4.69) is 0 Å². The van der Waals surface area contributed by atoms with Gasteiger partial charge in [0.15, 0.2) is 11.5 Å². The van der Waals surface area contributed by atoms with Crippen molar-refractivity contribution in [2.24, 2.45) is 0 Å². The van der Waals surface area contributed by atoms with Gasteiger partial charge in [0.2, 0.25) is 6.41 Å². The number of carbonyl (C=O) groups is 2. The third-order valence-corrected chi connectivity index (χ3v) is 3.17. The van der Waals surface area contributed by atoms with Crippen LogP contribution in [0.25, 0.3) is 0 Å². The minimum atomic E-state index is 0.329. The molecule has 0 aliphatic carbocycles. The topological polar surface area (TPSA) is 55.8 Å². The van der Waals surface area contributed by atoms with E-state index in [1.54, 1.807) is 12.0 Å². The highest BCUT2D eigenvalue weighted by Crippen LogP contribution is 2.33. The maximum atomic E-state index is 10.8. The first kappa shape index (κ1) is 13.4. The predicted octanol–water partition coefficient (Wildman–Crippen LogP) is 1.18. The largest absolute Gasteiger partial charge is 0.493 e. The van der Waals surface area contributed by atoms with E-state index in [0.29, 0.717) is 31.1 Å². The molecule has 1 amide bonds. The summed E-state index contributed by atoms with van der Waals surface area (Å²) in [4.78, 5) is 22.9. The smallest absolute Gasteiger partial charge is 0.210 e. The number of nitrogens with zero attached hydrogens (tertiary/aromatic N) is 1. The van der Waals surface area contributed by atoms with Gasteiger partial charge in [-0.05, 0) is 29.7 Å². The van der Waals surface area contributed by atoms with Crippen LogP contribution in [0.2, 0.25) is 0 Å². The molecule has 2 rings (SSSR count). The molecule has 0 radical (unpaired) electrons. The molecule has 0 bridgehead atoms. The van der Waals surface area contributed by atoms with Gasteiger partial charge in [-0.3, -0.25) is 4.79 Å². The van der Waals surface area contributed by atoms with E-state index in [1.807, 2.05) is 12.1 Å². The highest BCUT2D eigenvalue weighted by Gasteiger charge is 2.18. The van der Waals surface area contributed by atoms with Gasteiger partial charge in [0.25, 0.3) is 0 Å². The zero-order chi connectivity index (χ0) is 13.7. The normalized spacial score (nSPS) is 13.6. The van der Waals surface area contributed by atoms with Crippen molar-refractivity contribution in [3.63, 3.8) is 0 Å². The average Bonchev–Trinajstić information content (AvgIpc) is 2.46. The summed E-state index contributed by atoms with van der Waals surface area (Å²) in [6, 6.07) is 3.85. The van der Waals surface area contributed by atoms with Crippen molar-refractivity contribution in [1.29, 1.82) is 0 Å². The summed E-state index contributed by atoms with van der Waals surface area (Å²) in [6.45, 7) is 1.65. The fourth-order valence-corrected chi connectivity index (χ4v) is 2.17. The molecule has 1 aromatic rings. The standard InChI is InChI=1S/C14H17NO4/c1-18-13-7-11-3-4-15(10-17)9-12(11)8-14(13)19-6-2-5-16/h5,7-8,10H,2-4,6,9H2,1H3. The summed E-state index contributed by atoms with van der Waals surface area (Å²) >= 11 is 0. The van der Waals surface area contributed by atoms with Gasteiger partial charge in [-0.1, -0.05) is 0 Å². The van der Waals surface area contributed by atoms with Crippen LogP contribution < -0.4 is 9.47 Å². The second-order valence-corrected chi connectivity index (χ2v) is 4.40. The number of fused-ring (bicyclic) bond motifs is 1. The van der Waals surface area contributed by atoms with Crippen LogP contribution in [0.4, 0.5) is 0 Å². The fraction of sp³-hybridized carbons (Fsp3) is 0.429. The lowest BCUT2D eigenvalue weighted by atomic mass is 9.99. The quantitative estimate of drug-likeness (QED) is 0.571. The van der Waals surface area contributed by atoms with Crippen LogP contribution in [0.1, 0.15) is 17.5 Å². The van der Waals surface area contributed by atoms with Crippen molar-refractivity contribution in [3.05, 3.63) is 23.3 Å². The first-order valence-corrected chi connectivity index (χ1v) is 6.24. The molecule has 102 valence electrons. The Morgan fingerprint density at radius 2 is 2.05 bits per heavy atom. The average molecular weight is 263 g/mol. The third kappa shape index (κ3) is 3.05. The molecule has 0 saturated heterocycles.